The van der Waals surface area contributed by atoms with Crippen LogP contribution < -0.4 is 11.1 Å². The molecule has 4 heteroatoms. The molecule has 4 nitrogen and oxygen atoms in total. The molecule has 3 rings (SSSR count). The first kappa shape index (κ1) is 17.4. The quantitative estimate of drug-likeness (QED) is 0.873. The average molecular weight is 329 g/mol. The number of piperidine rings is 1. The molecule has 1 aliphatic carbocycles. The van der Waals surface area contributed by atoms with Crippen LogP contribution in [-0.2, 0) is 17.9 Å². The predicted molar refractivity (Wildman–Crippen MR) is 97.4 cm³/mol. The molecule has 1 aromatic carbocycles. The molecule has 2 aliphatic rings. The van der Waals surface area contributed by atoms with Gasteiger partial charge in [0.15, 0.2) is 0 Å². The number of nitrogens with one attached hydrogen (secondary N) is 1. The maximum absolute atomic E-state index is 12.4. The fraction of sp³-hybridized carbons (Fsp3) is 0.650. The van der Waals surface area contributed by atoms with E-state index in [-0.39, 0.29) is 5.91 Å². The Bertz CT molecular complexity index is 528. The zero-order valence-electron chi connectivity index (χ0n) is 14.7. The second-order valence-corrected chi connectivity index (χ2v) is 7.55. The molecular weight excluding hydrogens is 298 g/mol. The first-order valence-corrected chi connectivity index (χ1v) is 9.53. The Morgan fingerprint density at radius 3 is 2.21 bits per heavy atom. The Hall–Kier alpha value is -1.39. The number of nitrogens with two attached hydrogens (primary N) is 1. The molecule has 1 aliphatic heterocycles. The van der Waals surface area contributed by atoms with Crippen molar-refractivity contribution in [2.24, 2.45) is 5.73 Å². The van der Waals surface area contributed by atoms with Crippen molar-refractivity contribution in [3.05, 3.63) is 35.4 Å². The summed E-state index contributed by atoms with van der Waals surface area (Å²) in [5, 5.41) is 3.04. The van der Waals surface area contributed by atoms with Gasteiger partial charge in [-0.3, -0.25) is 9.69 Å². The molecule has 0 unspecified atom stereocenters. The van der Waals surface area contributed by atoms with Crippen molar-refractivity contribution < 1.29 is 4.79 Å². The average Bonchev–Trinajstić information content (AvgIpc) is 2.62. The number of likely N-dealkylation sites (tertiary alicyclic amines) is 1. The van der Waals surface area contributed by atoms with E-state index in [9.17, 15) is 4.79 Å². The van der Waals surface area contributed by atoms with E-state index in [1.54, 1.807) is 0 Å². The largest absolute Gasteiger partial charge is 0.350 e. The van der Waals surface area contributed by atoms with Gasteiger partial charge in [-0.2, -0.15) is 0 Å². The standard InChI is InChI=1S/C20H31N3O/c21-20(11-3-1-4-12-20)19(24)22-15-17-7-9-18(10-8-17)16-23-13-5-2-6-14-23/h7-10H,1-6,11-16,21H2,(H,22,24). The van der Waals surface area contributed by atoms with E-state index in [4.69, 9.17) is 5.73 Å². The minimum Gasteiger partial charge on any atom is -0.350 e. The Kier molecular flexibility index (Phi) is 5.90. The van der Waals surface area contributed by atoms with E-state index >= 15 is 0 Å². The molecule has 132 valence electrons. The summed E-state index contributed by atoms with van der Waals surface area (Å²) >= 11 is 0. The summed E-state index contributed by atoms with van der Waals surface area (Å²) in [6, 6.07) is 8.64. The van der Waals surface area contributed by atoms with Gasteiger partial charge in [0.05, 0.1) is 5.54 Å². The summed E-state index contributed by atoms with van der Waals surface area (Å²) in [5.41, 5.74) is 8.13. The highest BCUT2D eigenvalue weighted by Crippen LogP contribution is 2.26. The molecule has 0 spiro atoms. The van der Waals surface area contributed by atoms with Gasteiger partial charge < -0.3 is 11.1 Å². The molecule has 1 heterocycles. The maximum Gasteiger partial charge on any atom is 0.240 e. The van der Waals surface area contributed by atoms with Crippen molar-refractivity contribution in [1.82, 2.24) is 10.2 Å². The van der Waals surface area contributed by atoms with Crippen molar-refractivity contribution in [2.75, 3.05) is 13.1 Å². The van der Waals surface area contributed by atoms with Crippen LogP contribution in [-0.4, -0.2) is 29.4 Å². The monoisotopic (exact) mass is 329 g/mol. The number of rotatable bonds is 5. The molecule has 1 saturated heterocycles. The van der Waals surface area contributed by atoms with Crippen LogP contribution in [0.15, 0.2) is 24.3 Å². The van der Waals surface area contributed by atoms with Crippen LogP contribution in [0.3, 0.4) is 0 Å². The number of benzene rings is 1. The lowest BCUT2D eigenvalue weighted by atomic mass is 9.82. The number of carbonyl (C=O) groups excluding carboxylic acids is 1. The fourth-order valence-electron chi connectivity index (χ4n) is 3.91. The van der Waals surface area contributed by atoms with Gasteiger partial charge in [0.2, 0.25) is 5.91 Å². The van der Waals surface area contributed by atoms with Crippen LogP contribution in [0.2, 0.25) is 0 Å². The van der Waals surface area contributed by atoms with Gasteiger partial charge >= 0.3 is 0 Å². The van der Waals surface area contributed by atoms with Crippen molar-refractivity contribution in [1.29, 1.82) is 0 Å². The van der Waals surface area contributed by atoms with Crippen LogP contribution in [0.5, 0.6) is 0 Å². The summed E-state index contributed by atoms with van der Waals surface area (Å²) in [4.78, 5) is 14.9. The van der Waals surface area contributed by atoms with Crippen LogP contribution in [0, 0.1) is 0 Å². The van der Waals surface area contributed by atoms with Gasteiger partial charge in [-0.1, -0.05) is 49.9 Å². The Morgan fingerprint density at radius 2 is 1.54 bits per heavy atom. The highest BCUT2D eigenvalue weighted by molar-refractivity contribution is 5.86. The molecule has 24 heavy (non-hydrogen) atoms. The smallest absolute Gasteiger partial charge is 0.240 e. The van der Waals surface area contributed by atoms with Gasteiger partial charge in [-0.15, -0.1) is 0 Å². The number of hydrogen-bond donors (Lipinski definition) is 2. The third-order valence-corrected chi connectivity index (χ3v) is 5.53. The minimum atomic E-state index is -0.646. The first-order valence-electron chi connectivity index (χ1n) is 9.53. The highest BCUT2D eigenvalue weighted by atomic mass is 16.2. The first-order chi connectivity index (χ1) is 11.7. The Balaban J connectivity index is 1.48. The number of nitrogens with zero attached hydrogens (tertiary/aromatic N) is 1. The topological polar surface area (TPSA) is 58.4 Å². The second-order valence-electron chi connectivity index (χ2n) is 7.55. The van der Waals surface area contributed by atoms with Crippen molar-refractivity contribution in [3.63, 3.8) is 0 Å². The lowest BCUT2D eigenvalue weighted by Crippen LogP contribution is -2.54. The third kappa shape index (κ3) is 4.58. The Labute approximate surface area is 145 Å². The van der Waals surface area contributed by atoms with Crippen LogP contribution >= 0.6 is 0 Å². The lowest BCUT2D eigenvalue weighted by molar-refractivity contribution is -0.127. The van der Waals surface area contributed by atoms with Gasteiger partial charge in [-0.05, 0) is 49.9 Å². The normalized spacial score (nSPS) is 21.4. The van der Waals surface area contributed by atoms with Gasteiger partial charge in [0, 0.05) is 13.1 Å². The lowest BCUT2D eigenvalue weighted by Gasteiger charge is -2.31. The molecule has 1 saturated carbocycles. The summed E-state index contributed by atoms with van der Waals surface area (Å²) < 4.78 is 0. The fourth-order valence-corrected chi connectivity index (χ4v) is 3.91. The van der Waals surface area contributed by atoms with Crippen molar-refractivity contribution >= 4 is 5.91 Å². The molecule has 0 aromatic heterocycles. The summed E-state index contributed by atoms with van der Waals surface area (Å²) in [7, 11) is 0. The maximum atomic E-state index is 12.4. The van der Waals surface area contributed by atoms with Crippen LogP contribution in [0.25, 0.3) is 0 Å². The van der Waals surface area contributed by atoms with E-state index in [1.807, 2.05) is 0 Å². The molecule has 1 amide bonds. The molecule has 1 aromatic rings. The summed E-state index contributed by atoms with van der Waals surface area (Å²) in [5.74, 6) is 0.0135. The predicted octanol–water partition coefficient (Wildman–Crippen LogP) is 2.95. The van der Waals surface area contributed by atoms with E-state index in [0.29, 0.717) is 6.54 Å². The van der Waals surface area contributed by atoms with Gasteiger partial charge in [0.1, 0.15) is 0 Å². The van der Waals surface area contributed by atoms with E-state index in [2.05, 4.69) is 34.5 Å². The molecule has 2 fully saturated rings. The zero-order chi connectivity index (χ0) is 16.8. The number of amides is 1. The molecule has 0 bridgehead atoms. The van der Waals surface area contributed by atoms with Gasteiger partial charge in [0.25, 0.3) is 0 Å². The number of hydrogen-bond acceptors (Lipinski definition) is 3. The molecule has 0 radical (unpaired) electrons. The molecule has 3 N–H and O–H groups in total. The molecule has 0 atom stereocenters. The van der Waals surface area contributed by atoms with Gasteiger partial charge in [-0.25, -0.2) is 0 Å². The molecular formula is C20H31N3O. The number of carbonyl (C=O) groups is 1. The van der Waals surface area contributed by atoms with Crippen molar-refractivity contribution in [2.45, 2.75) is 70.0 Å². The highest BCUT2D eigenvalue weighted by Gasteiger charge is 2.34. The van der Waals surface area contributed by atoms with Crippen LogP contribution in [0.1, 0.15) is 62.5 Å². The zero-order valence-corrected chi connectivity index (χ0v) is 14.7. The summed E-state index contributed by atoms with van der Waals surface area (Å²) in [6.07, 6.45) is 8.98. The van der Waals surface area contributed by atoms with E-state index in [1.165, 1.54) is 44.3 Å². The third-order valence-electron chi connectivity index (χ3n) is 5.53. The summed E-state index contributed by atoms with van der Waals surface area (Å²) in [6.45, 7) is 4.05. The Morgan fingerprint density at radius 1 is 0.958 bits per heavy atom. The van der Waals surface area contributed by atoms with E-state index < -0.39 is 5.54 Å². The van der Waals surface area contributed by atoms with Crippen molar-refractivity contribution in [3.8, 4) is 0 Å². The van der Waals surface area contributed by atoms with Crippen LogP contribution in [0.4, 0.5) is 0 Å². The SMILES string of the molecule is NC1(C(=O)NCc2ccc(CN3CCCCC3)cc2)CCCCC1. The minimum absolute atomic E-state index is 0.0135. The second kappa shape index (κ2) is 8.13. The van der Waals surface area contributed by atoms with E-state index in [0.717, 1.165) is 37.8 Å².